The fourth-order valence-corrected chi connectivity index (χ4v) is 3.99. The standard InChI is InChI=1S/C18H35N3O/c1-13(2)10-21(11-14(3)4)18(22)12-20(5)17-8-15-6-7-16(9-17)19-15/h13-17,19H,6-12H2,1-5H3. The van der Waals surface area contributed by atoms with E-state index in [9.17, 15) is 4.79 Å². The second-order valence-electron chi connectivity index (χ2n) is 8.26. The summed E-state index contributed by atoms with van der Waals surface area (Å²) < 4.78 is 0. The summed E-state index contributed by atoms with van der Waals surface area (Å²) in [7, 11) is 2.14. The largest absolute Gasteiger partial charge is 0.341 e. The number of nitrogens with one attached hydrogen (secondary N) is 1. The Balaban J connectivity index is 1.87. The molecule has 0 saturated carbocycles. The van der Waals surface area contributed by atoms with Crippen LogP contribution in [0.4, 0.5) is 0 Å². The van der Waals surface area contributed by atoms with Crippen molar-refractivity contribution < 1.29 is 4.79 Å². The van der Waals surface area contributed by atoms with Crippen LogP contribution in [0.5, 0.6) is 0 Å². The molecule has 0 radical (unpaired) electrons. The third kappa shape index (κ3) is 4.95. The molecule has 4 nitrogen and oxygen atoms in total. The topological polar surface area (TPSA) is 35.6 Å². The molecule has 1 amide bonds. The van der Waals surface area contributed by atoms with E-state index >= 15 is 0 Å². The zero-order chi connectivity index (χ0) is 16.3. The highest BCUT2D eigenvalue weighted by molar-refractivity contribution is 5.78. The van der Waals surface area contributed by atoms with Crippen LogP contribution >= 0.6 is 0 Å². The maximum absolute atomic E-state index is 12.7. The van der Waals surface area contributed by atoms with Crippen LogP contribution in [0.1, 0.15) is 53.4 Å². The van der Waals surface area contributed by atoms with Gasteiger partial charge in [0, 0.05) is 31.2 Å². The highest BCUT2D eigenvalue weighted by Gasteiger charge is 2.35. The van der Waals surface area contributed by atoms with Crippen LogP contribution < -0.4 is 5.32 Å². The molecule has 2 fully saturated rings. The molecule has 2 aliphatic heterocycles. The van der Waals surface area contributed by atoms with Crippen LogP contribution in [0.25, 0.3) is 0 Å². The van der Waals surface area contributed by atoms with E-state index in [1.807, 2.05) is 0 Å². The van der Waals surface area contributed by atoms with Gasteiger partial charge in [-0.3, -0.25) is 9.69 Å². The van der Waals surface area contributed by atoms with E-state index in [0.717, 1.165) is 13.1 Å². The smallest absolute Gasteiger partial charge is 0.236 e. The number of rotatable bonds is 7. The van der Waals surface area contributed by atoms with Crippen molar-refractivity contribution in [2.24, 2.45) is 11.8 Å². The zero-order valence-electron chi connectivity index (χ0n) is 15.1. The molecule has 2 rings (SSSR count). The van der Waals surface area contributed by atoms with Gasteiger partial charge in [0.1, 0.15) is 0 Å². The lowest BCUT2D eigenvalue weighted by atomic mass is 9.98. The van der Waals surface area contributed by atoms with Gasteiger partial charge < -0.3 is 10.2 Å². The van der Waals surface area contributed by atoms with Crippen molar-refractivity contribution in [3.05, 3.63) is 0 Å². The first-order valence-corrected chi connectivity index (χ1v) is 9.09. The summed E-state index contributed by atoms with van der Waals surface area (Å²) in [5.41, 5.74) is 0. The molecule has 2 aliphatic rings. The van der Waals surface area contributed by atoms with Crippen LogP contribution in [-0.4, -0.2) is 60.5 Å². The van der Waals surface area contributed by atoms with Gasteiger partial charge in [0.2, 0.25) is 5.91 Å². The molecule has 0 aromatic rings. The van der Waals surface area contributed by atoms with Gasteiger partial charge in [-0.15, -0.1) is 0 Å². The van der Waals surface area contributed by atoms with Crippen LogP contribution in [0.15, 0.2) is 0 Å². The minimum absolute atomic E-state index is 0.302. The molecule has 2 bridgehead atoms. The Hall–Kier alpha value is -0.610. The molecule has 1 N–H and O–H groups in total. The Labute approximate surface area is 136 Å². The lowest BCUT2D eigenvalue weighted by Gasteiger charge is -2.36. The maximum atomic E-state index is 12.7. The molecule has 128 valence electrons. The van der Waals surface area contributed by atoms with Crippen molar-refractivity contribution in [1.29, 1.82) is 0 Å². The Kier molecular flexibility index (Phi) is 6.27. The summed E-state index contributed by atoms with van der Waals surface area (Å²) in [4.78, 5) is 17.1. The van der Waals surface area contributed by atoms with Crippen molar-refractivity contribution in [3.63, 3.8) is 0 Å². The van der Waals surface area contributed by atoms with Crippen LogP contribution in [0.3, 0.4) is 0 Å². The molecule has 0 spiro atoms. The monoisotopic (exact) mass is 309 g/mol. The molecule has 4 heteroatoms. The van der Waals surface area contributed by atoms with Crippen LogP contribution in [0.2, 0.25) is 0 Å². The number of fused-ring (bicyclic) bond motifs is 2. The van der Waals surface area contributed by atoms with Gasteiger partial charge in [-0.05, 0) is 44.6 Å². The minimum atomic E-state index is 0.302. The number of carbonyl (C=O) groups is 1. The number of hydrogen-bond acceptors (Lipinski definition) is 3. The van der Waals surface area contributed by atoms with E-state index in [0.29, 0.717) is 42.4 Å². The molecular weight excluding hydrogens is 274 g/mol. The molecule has 2 heterocycles. The van der Waals surface area contributed by atoms with E-state index in [1.165, 1.54) is 25.7 Å². The number of piperidine rings is 1. The summed E-state index contributed by atoms with van der Waals surface area (Å²) in [6, 6.07) is 1.94. The van der Waals surface area contributed by atoms with Gasteiger partial charge >= 0.3 is 0 Å². The van der Waals surface area contributed by atoms with Crippen molar-refractivity contribution >= 4 is 5.91 Å². The molecule has 22 heavy (non-hydrogen) atoms. The van der Waals surface area contributed by atoms with Crippen molar-refractivity contribution in [3.8, 4) is 0 Å². The summed E-state index contributed by atoms with van der Waals surface area (Å²) in [5.74, 6) is 1.36. The van der Waals surface area contributed by atoms with Gasteiger partial charge in [0.25, 0.3) is 0 Å². The van der Waals surface area contributed by atoms with Gasteiger partial charge in [-0.1, -0.05) is 27.7 Å². The highest BCUT2D eigenvalue weighted by Crippen LogP contribution is 2.29. The second kappa shape index (κ2) is 7.78. The number of likely N-dealkylation sites (N-methyl/N-ethyl adjacent to an activating group) is 1. The molecular formula is C18H35N3O. The normalized spacial score (nSPS) is 27.9. The number of nitrogens with zero attached hydrogens (tertiary/aromatic N) is 2. The number of amides is 1. The maximum Gasteiger partial charge on any atom is 0.236 e. The lowest BCUT2D eigenvalue weighted by Crippen LogP contribution is -2.50. The van der Waals surface area contributed by atoms with E-state index in [1.54, 1.807) is 0 Å². The average Bonchev–Trinajstić information content (AvgIpc) is 2.75. The quantitative estimate of drug-likeness (QED) is 0.784. The first-order valence-electron chi connectivity index (χ1n) is 9.09. The fourth-order valence-electron chi connectivity index (χ4n) is 3.99. The SMILES string of the molecule is CC(C)CN(CC(C)C)C(=O)CN(C)C1CC2CCC(C1)N2. The summed E-state index contributed by atoms with van der Waals surface area (Å²) >= 11 is 0. The third-order valence-corrected chi connectivity index (χ3v) is 4.98. The molecule has 2 saturated heterocycles. The van der Waals surface area contributed by atoms with E-state index in [2.05, 4.69) is 49.9 Å². The van der Waals surface area contributed by atoms with E-state index in [4.69, 9.17) is 0 Å². The van der Waals surface area contributed by atoms with Gasteiger partial charge in [0.15, 0.2) is 0 Å². The zero-order valence-corrected chi connectivity index (χ0v) is 15.1. The second-order valence-corrected chi connectivity index (χ2v) is 8.26. The Morgan fingerprint density at radius 3 is 2.00 bits per heavy atom. The molecule has 0 aromatic carbocycles. The predicted molar refractivity (Wildman–Crippen MR) is 91.9 cm³/mol. The third-order valence-electron chi connectivity index (χ3n) is 4.98. The van der Waals surface area contributed by atoms with Crippen molar-refractivity contribution in [2.75, 3.05) is 26.7 Å². The van der Waals surface area contributed by atoms with E-state index < -0.39 is 0 Å². The molecule has 2 unspecified atom stereocenters. The van der Waals surface area contributed by atoms with Gasteiger partial charge in [-0.2, -0.15) is 0 Å². The van der Waals surface area contributed by atoms with Crippen molar-refractivity contribution in [2.45, 2.75) is 71.5 Å². The number of hydrogen-bond donors (Lipinski definition) is 1. The Morgan fingerprint density at radius 2 is 1.55 bits per heavy atom. The molecule has 2 atom stereocenters. The summed E-state index contributed by atoms with van der Waals surface area (Å²) in [6.45, 7) is 11.1. The minimum Gasteiger partial charge on any atom is -0.341 e. The van der Waals surface area contributed by atoms with Gasteiger partial charge in [0.05, 0.1) is 6.54 Å². The van der Waals surface area contributed by atoms with Crippen molar-refractivity contribution in [1.82, 2.24) is 15.1 Å². The first-order chi connectivity index (χ1) is 10.3. The fraction of sp³-hybridized carbons (Fsp3) is 0.944. The molecule has 0 aromatic heterocycles. The number of carbonyl (C=O) groups excluding carboxylic acids is 1. The summed E-state index contributed by atoms with van der Waals surface area (Å²) in [6.07, 6.45) is 5.04. The van der Waals surface area contributed by atoms with E-state index in [-0.39, 0.29) is 0 Å². The first kappa shape index (κ1) is 17.7. The van der Waals surface area contributed by atoms with Gasteiger partial charge in [-0.25, -0.2) is 0 Å². The van der Waals surface area contributed by atoms with Crippen LogP contribution in [0, 0.1) is 11.8 Å². The highest BCUT2D eigenvalue weighted by atomic mass is 16.2. The lowest BCUT2D eigenvalue weighted by molar-refractivity contribution is -0.133. The predicted octanol–water partition coefficient (Wildman–Crippen LogP) is 2.34. The summed E-state index contributed by atoms with van der Waals surface area (Å²) in [5, 5.41) is 3.68. The van der Waals surface area contributed by atoms with Crippen LogP contribution in [-0.2, 0) is 4.79 Å². The molecule has 0 aliphatic carbocycles. The Morgan fingerprint density at radius 1 is 1.05 bits per heavy atom. The average molecular weight is 309 g/mol. The Bertz CT molecular complexity index is 347.